The van der Waals surface area contributed by atoms with Crippen LogP contribution in [0, 0.1) is 0 Å². The van der Waals surface area contributed by atoms with Crippen molar-refractivity contribution in [1.29, 1.82) is 0 Å². The lowest BCUT2D eigenvalue weighted by atomic mass is 10.1. The van der Waals surface area contributed by atoms with E-state index in [1.807, 2.05) is 0 Å². The van der Waals surface area contributed by atoms with Crippen LogP contribution in [-0.2, 0) is 0 Å². The molecule has 0 aromatic heterocycles. The first-order valence-corrected chi connectivity index (χ1v) is 5.91. The number of unbranched alkanes of at least 4 members (excludes halogenated alkanes) is 9. The van der Waals surface area contributed by atoms with Crippen LogP contribution in [0.1, 0.15) is 78.1 Å². The average Bonchev–Trinajstić information content (AvgIpc) is 2.10. The fourth-order valence-corrected chi connectivity index (χ4v) is 1.56. The van der Waals surface area contributed by atoms with Gasteiger partial charge in [0.15, 0.2) is 0 Å². The third kappa shape index (κ3) is 14.8. The minimum atomic E-state index is 0. The van der Waals surface area contributed by atoms with Crippen molar-refractivity contribution in [1.82, 2.24) is 0 Å². The standard InChI is InChI=1S/C12H26.FH/c1-3-5-7-9-11-12-10-8-6-4-2;/h3-12H2,1-2H3;1H. The van der Waals surface area contributed by atoms with E-state index in [2.05, 4.69) is 13.8 Å². The molecule has 0 radical (unpaired) electrons. The van der Waals surface area contributed by atoms with Gasteiger partial charge in [0.2, 0.25) is 0 Å². The minimum Gasteiger partial charge on any atom is -0.269 e. The van der Waals surface area contributed by atoms with Gasteiger partial charge in [-0.1, -0.05) is 78.1 Å². The van der Waals surface area contributed by atoms with Crippen molar-refractivity contribution in [3.8, 4) is 0 Å². The van der Waals surface area contributed by atoms with Gasteiger partial charge in [0.1, 0.15) is 0 Å². The summed E-state index contributed by atoms with van der Waals surface area (Å²) in [5.74, 6) is 0. The molecule has 0 nitrogen and oxygen atoms in total. The zero-order valence-electron chi connectivity index (χ0n) is 9.48. The highest BCUT2D eigenvalue weighted by Crippen LogP contribution is 2.09. The second-order valence-electron chi connectivity index (χ2n) is 3.83. The minimum absolute atomic E-state index is 0. The molecule has 0 aliphatic rings. The van der Waals surface area contributed by atoms with Gasteiger partial charge in [0.25, 0.3) is 0 Å². The summed E-state index contributed by atoms with van der Waals surface area (Å²) in [5.41, 5.74) is 0. The molecule has 82 valence electrons. The Labute approximate surface area is 83.5 Å². The molecule has 0 aromatic carbocycles. The molecule has 0 aliphatic heterocycles. The van der Waals surface area contributed by atoms with Gasteiger partial charge in [0, 0.05) is 0 Å². The van der Waals surface area contributed by atoms with Gasteiger partial charge in [-0.05, 0) is 0 Å². The summed E-state index contributed by atoms with van der Waals surface area (Å²) < 4.78 is 0. The van der Waals surface area contributed by atoms with Gasteiger partial charge in [-0.3, -0.25) is 4.70 Å². The number of hydrogen-bond donors (Lipinski definition) is 0. The number of hydrogen-bond acceptors (Lipinski definition) is 0. The summed E-state index contributed by atoms with van der Waals surface area (Å²) in [6.45, 7) is 4.56. The first-order valence-electron chi connectivity index (χ1n) is 5.91. The summed E-state index contributed by atoms with van der Waals surface area (Å²) in [5, 5.41) is 0. The molecule has 0 fully saturated rings. The van der Waals surface area contributed by atoms with Crippen molar-refractivity contribution in [3.05, 3.63) is 0 Å². The first-order chi connectivity index (χ1) is 5.91. The van der Waals surface area contributed by atoms with Gasteiger partial charge in [-0.15, -0.1) is 0 Å². The third-order valence-electron chi connectivity index (χ3n) is 2.46. The van der Waals surface area contributed by atoms with Gasteiger partial charge >= 0.3 is 0 Å². The molecule has 0 unspecified atom stereocenters. The van der Waals surface area contributed by atoms with E-state index < -0.39 is 0 Å². The van der Waals surface area contributed by atoms with E-state index in [1.54, 1.807) is 0 Å². The zero-order chi connectivity index (χ0) is 9.07. The van der Waals surface area contributed by atoms with Gasteiger partial charge in [-0.2, -0.15) is 0 Å². The lowest BCUT2D eigenvalue weighted by molar-refractivity contribution is 0.562. The van der Waals surface area contributed by atoms with Crippen LogP contribution in [0.4, 0.5) is 4.70 Å². The van der Waals surface area contributed by atoms with E-state index >= 15 is 0 Å². The molecule has 0 saturated carbocycles. The molecule has 1 heteroatoms. The predicted octanol–water partition coefficient (Wildman–Crippen LogP) is 5.08. The summed E-state index contributed by atoms with van der Waals surface area (Å²) in [6.07, 6.45) is 14.4. The normalized spacial score (nSPS) is 9.69. The van der Waals surface area contributed by atoms with Gasteiger partial charge in [-0.25, -0.2) is 0 Å². The van der Waals surface area contributed by atoms with E-state index in [1.165, 1.54) is 64.2 Å². The molecule has 0 N–H and O–H groups in total. The van der Waals surface area contributed by atoms with Crippen LogP contribution in [0.15, 0.2) is 0 Å². The maximum absolute atomic E-state index is 2.28. The van der Waals surface area contributed by atoms with Crippen LogP contribution in [-0.4, -0.2) is 0 Å². The summed E-state index contributed by atoms with van der Waals surface area (Å²) in [4.78, 5) is 0. The summed E-state index contributed by atoms with van der Waals surface area (Å²) >= 11 is 0. The van der Waals surface area contributed by atoms with E-state index in [-0.39, 0.29) is 4.70 Å². The fourth-order valence-electron chi connectivity index (χ4n) is 1.56. The molecule has 13 heavy (non-hydrogen) atoms. The van der Waals surface area contributed by atoms with Crippen molar-refractivity contribution in [3.63, 3.8) is 0 Å². The third-order valence-corrected chi connectivity index (χ3v) is 2.46. The van der Waals surface area contributed by atoms with Crippen LogP contribution < -0.4 is 0 Å². The van der Waals surface area contributed by atoms with E-state index in [4.69, 9.17) is 0 Å². The zero-order valence-corrected chi connectivity index (χ0v) is 9.48. The number of rotatable bonds is 9. The van der Waals surface area contributed by atoms with Crippen molar-refractivity contribution in [2.75, 3.05) is 0 Å². The Morgan fingerprint density at radius 2 is 0.692 bits per heavy atom. The Morgan fingerprint density at radius 3 is 0.923 bits per heavy atom. The second kappa shape index (κ2) is 14.5. The Bertz CT molecular complexity index is 61.5. The molecular weight excluding hydrogens is 163 g/mol. The highest BCUT2D eigenvalue weighted by atomic mass is 19.0. The SMILES string of the molecule is CCCCCCCCCCCC.F. The van der Waals surface area contributed by atoms with Crippen molar-refractivity contribution >= 4 is 0 Å². The predicted molar refractivity (Wildman–Crippen MR) is 60.0 cm³/mol. The fraction of sp³-hybridized carbons (Fsp3) is 1.00. The summed E-state index contributed by atoms with van der Waals surface area (Å²) in [7, 11) is 0. The largest absolute Gasteiger partial charge is 0.269 e. The van der Waals surface area contributed by atoms with Crippen LogP contribution in [0.3, 0.4) is 0 Å². The maximum atomic E-state index is 2.28. The Balaban J connectivity index is 0. The molecule has 0 spiro atoms. The lowest BCUT2D eigenvalue weighted by Crippen LogP contribution is -1.80. The average molecular weight is 190 g/mol. The first kappa shape index (κ1) is 15.4. The molecule has 0 amide bonds. The molecule has 0 rings (SSSR count). The molecule has 0 bridgehead atoms. The Kier molecular flexibility index (Phi) is 17.1. The Hall–Kier alpha value is -0.0700. The summed E-state index contributed by atoms with van der Waals surface area (Å²) in [6, 6.07) is 0. The molecular formula is C12H27F. The van der Waals surface area contributed by atoms with E-state index in [9.17, 15) is 0 Å². The monoisotopic (exact) mass is 190 g/mol. The maximum Gasteiger partial charge on any atom is -0.0533 e. The Morgan fingerprint density at radius 1 is 0.462 bits per heavy atom. The highest BCUT2D eigenvalue weighted by Gasteiger charge is 1.90. The second-order valence-corrected chi connectivity index (χ2v) is 3.83. The van der Waals surface area contributed by atoms with Gasteiger partial charge < -0.3 is 0 Å². The number of halogens is 1. The van der Waals surface area contributed by atoms with Gasteiger partial charge in [0.05, 0.1) is 0 Å². The van der Waals surface area contributed by atoms with Crippen molar-refractivity contribution in [2.24, 2.45) is 0 Å². The molecule has 0 atom stereocenters. The van der Waals surface area contributed by atoms with Crippen LogP contribution in [0.2, 0.25) is 0 Å². The molecule has 0 heterocycles. The van der Waals surface area contributed by atoms with Crippen LogP contribution in [0.25, 0.3) is 0 Å². The van der Waals surface area contributed by atoms with E-state index in [0.29, 0.717) is 0 Å². The highest BCUT2D eigenvalue weighted by molar-refractivity contribution is 4.45. The molecule has 0 saturated heterocycles. The van der Waals surface area contributed by atoms with Crippen LogP contribution >= 0.6 is 0 Å². The topological polar surface area (TPSA) is 0 Å². The lowest BCUT2D eigenvalue weighted by Gasteiger charge is -1.99. The smallest absolute Gasteiger partial charge is 0.0533 e. The van der Waals surface area contributed by atoms with Crippen molar-refractivity contribution in [2.45, 2.75) is 78.1 Å². The van der Waals surface area contributed by atoms with Crippen molar-refractivity contribution < 1.29 is 4.70 Å². The van der Waals surface area contributed by atoms with E-state index in [0.717, 1.165) is 0 Å². The molecule has 0 aromatic rings. The van der Waals surface area contributed by atoms with Crippen LogP contribution in [0.5, 0.6) is 0 Å². The quantitative estimate of drug-likeness (QED) is 0.445. The molecule has 0 aliphatic carbocycles.